The molecule has 20 heavy (non-hydrogen) atoms. The van der Waals surface area contributed by atoms with Gasteiger partial charge in [-0.05, 0) is 25.5 Å². The zero-order valence-electron chi connectivity index (χ0n) is 11.8. The van der Waals surface area contributed by atoms with Crippen LogP contribution in [0.15, 0.2) is 29.1 Å². The molecule has 2 rings (SSSR count). The number of benzene rings is 1. The van der Waals surface area contributed by atoms with Crippen LogP contribution < -0.4 is 5.43 Å². The number of carbonyl (C=O) groups is 1. The number of carbonyl (C=O) groups excluding carboxylic acids is 1. The van der Waals surface area contributed by atoms with Crippen LogP contribution >= 0.6 is 0 Å². The standard InChI is InChI=1S/C15H18N2O3/c1-3-5-10-17-12-9-7-6-8-11(12)14(18)13(16-17)15(19)20-4-2/h6-9H,3-5,10H2,1-2H3. The molecule has 0 saturated carbocycles. The predicted molar refractivity (Wildman–Crippen MR) is 76.9 cm³/mol. The van der Waals surface area contributed by atoms with Crippen molar-refractivity contribution in [3.63, 3.8) is 0 Å². The number of nitrogens with zero attached hydrogens (tertiary/aromatic N) is 2. The van der Waals surface area contributed by atoms with Crippen LogP contribution in [0.25, 0.3) is 10.9 Å². The monoisotopic (exact) mass is 274 g/mol. The first-order chi connectivity index (χ1) is 9.69. The van der Waals surface area contributed by atoms with Crippen molar-refractivity contribution in [2.75, 3.05) is 6.61 Å². The van der Waals surface area contributed by atoms with Gasteiger partial charge in [0.05, 0.1) is 12.1 Å². The fraction of sp³-hybridized carbons (Fsp3) is 0.400. The number of para-hydroxylation sites is 1. The van der Waals surface area contributed by atoms with E-state index in [2.05, 4.69) is 12.0 Å². The Balaban J connectivity index is 2.62. The highest BCUT2D eigenvalue weighted by Gasteiger charge is 2.17. The third-order valence-corrected chi connectivity index (χ3v) is 3.05. The molecule has 5 nitrogen and oxygen atoms in total. The summed E-state index contributed by atoms with van der Waals surface area (Å²) < 4.78 is 6.62. The van der Waals surface area contributed by atoms with Gasteiger partial charge in [-0.2, -0.15) is 5.10 Å². The molecule has 0 fully saturated rings. The largest absolute Gasteiger partial charge is 0.461 e. The Morgan fingerprint density at radius 1 is 1.30 bits per heavy atom. The van der Waals surface area contributed by atoms with Gasteiger partial charge in [0.1, 0.15) is 0 Å². The van der Waals surface area contributed by atoms with E-state index in [1.807, 2.05) is 12.1 Å². The number of rotatable bonds is 5. The van der Waals surface area contributed by atoms with Crippen LogP contribution in [0.3, 0.4) is 0 Å². The Morgan fingerprint density at radius 2 is 2.05 bits per heavy atom. The molecule has 0 N–H and O–H groups in total. The first kappa shape index (κ1) is 14.2. The molecule has 1 aromatic carbocycles. The van der Waals surface area contributed by atoms with E-state index in [-0.39, 0.29) is 17.7 Å². The van der Waals surface area contributed by atoms with Crippen molar-refractivity contribution in [2.24, 2.45) is 0 Å². The molecule has 0 amide bonds. The van der Waals surface area contributed by atoms with E-state index in [1.165, 1.54) is 0 Å². The predicted octanol–water partition coefficient (Wildman–Crippen LogP) is 2.37. The average molecular weight is 274 g/mol. The zero-order chi connectivity index (χ0) is 14.5. The molecule has 106 valence electrons. The van der Waals surface area contributed by atoms with E-state index < -0.39 is 5.97 Å². The zero-order valence-corrected chi connectivity index (χ0v) is 11.8. The van der Waals surface area contributed by atoms with Crippen molar-refractivity contribution in [1.82, 2.24) is 9.78 Å². The second kappa shape index (κ2) is 6.32. The molecule has 0 radical (unpaired) electrons. The van der Waals surface area contributed by atoms with Gasteiger partial charge in [-0.15, -0.1) is 0 Å². The van der Waals surface area contributed by atoms with Gasteiger partial charge in [0.25, 0.3) is 0 Å². The van der Waals surface area contributed by atoms with Crippen LogP contribution in [-0.4, -0.2) is 22.4 Å². The highest BCUT2D eigenvalue weighted by Crippen LogP contribution is 2.11. The molecule has 0 atom stereocenters. The number of hydrogen-bond donors (Lipinski definition) is 0. The number of unbranched alkanes of at least 4 members (excludes halogenated alkanes) is 1. The Morgan fingerprint density at radius 3 is 2.75 bits per heavy atom. The normalized spacial score (nSPS) is 10.7. The van der Waals surface area contributed by atoms with Crippen molar-refractivity contribution in [3.05, 3.63) is 40.2 Å². The summed E-state index contributed by atoms with van der Waals surface area (Å²) in [5, 5.41) is 4.69. The van der Waals surface area contributed by atoms with Crippen LogP contribution in [0, 0.1) is 0 Å². The third-order valence-electron chi connectivity index (χ3n) is 3.05. The Bertz CT molecular complexity index is 676. The lowest BCUT2D eigenvalue weighted by Crippen LogP contribution is -2.24. The molecular weight excluding hydrogens is 256 g/mol. The van der Waals surface area contributed by atoms with Crippen LogP contribution in [-0.2, 0) is 11.3 Å². The highest BCUT2D eigenvalue weighted by atomic mass is 16.5. The topological polar surface area (TPSA) is 61.2 Å². The number of hydrogen-bond acceptors (Lipinski definition) is 4. The molecule has 0 spiro atoms. The lowest BCUT2D eigenvalue weighted by molar-refractivity contribution is 0.0515. The SMILES string of the molecule is CCCCn1nc(C(=O)OCC)c(=O)c2ccccc21. The van der Waals surface area contributed by atoms with E-state index in [1.54, 1.807) is 23.7 Å². The maximum atomic E-state index is 12.3. The van der Waals surface area contributed by atoms with Crippen molar-refractivity contribution in [3.8, 4) is 0 Å². The summed E-state index contributed by atoms with van der Waals surface area (Å²) in [5.74, 6) is -0.659. The van der Waals surface area contributed by atoms with Gasteiger partial charge in [0, 0.05) is 11.9 Å². The molecule has 0 unspecified atom stereocenters. The average Bonchev–Trinajstić information content (AvgIpc) is 2.47. The van der Waals surface area contributed by atoms with Gasteiger partial charge in [0.2, 0.25) is 11.1 Å². The number of aryl methyl sites for hydroxylation is 1. The van der Waals surface area contributed by atoms with E-state index in [0.29, 0.717) is 11.9 Å². The Kier molecular flexibility index (Phi) is 4.50. The van der Waals surface area contributed by atoms with Crippen molar-refractivity contribution < 1.29 is 9.53 Å². The van der Waals surface area contributed by atoms with Crippen LogP contribution in [0.2, 0.25) is 0 Å². The summed E-state index contributed by atoms with van der Waals surface area (Å²) >= 11 is 0. The first-order valence-electron chi connectivity index (χ1n) is 6.86. The summed E-state index contributed by atoms with van der Waals surface area (Å²) in [4.78, 5) is 24.1. The third kappa shape index (κ3) is 2.71. The fourth-order valence-corrected chi connectivity index (χ4v) is 2.05. The number of ether oxygens (including phenoxy) is 1. The summed E-state index contributed by atoms with van der Waals surface area (Å²) in [7, 11) is 0. The van der Waals surface area contributed by atoms with Crippen molar-refractivity contribution in [2.45, 2.75) is 33.2 Å². The van der Waals surface area contributed by atoms with E-state index in [9.17, 15) is 9.59 Å². The molecule has 1 aromatic heterocycles. The Labute approximate surface area is 117 Å². The van der Waals surface area contributed by atoms with E-state index >= 15 is 0 Å². The minimum absolute atomic E-state index is 0.137. The van der Waals surface area contributed by atoms with Crippen LogP contribution in [0.5, 0.6) is 0 Å². The smallest absolute Gasteiger partial charge is 0.362 e. The summed E-state index contributed by atoms with van der Waals surface area (Å²) in [6.07, 6.45) is 1.94. The first-order valence-corrected chi connectivity index (χ1v) is 6.86. The van der Waals surface area contributed by atoms with E-state index in [4.69, 9.17) is 4.74 Å². The van der Waals surface area contributed by atoms with Crippen molar-refractivity contribution in [1.29, 1.82) is 0 Å². The Hall–Kier alpha value is -2.17. The quantitative estimate of drug-likeness (QED) is 0.785. The molecule has 0 aliphatic carbocycles. The maximum absolute atomic E-state index is 12.3. The van der Waals surface area contributed by atoms with Crippen LogP contribution in [0.1, 0.15) is 37.2 Å². The molecule has 2 aromatic rings. The second-order valence-corrected chi connectivity index (χ2v) is 4.49. The molecule has 0 aliphatic heterocycles. The number of fused-ring (bicyclic) bond motifs is 1. The number of aromatic nitrogens is 2. The number of esters is 1. The molecule has 1 heterocycles. The fourth-order valence-electron chi connectivity index (χ4n) is 2.05. The lowest BCUT2D eigenvalue weighted by Gasteiger charge is -2.11. The minimum Gasteiger partial charge on any atom is -0.461 e. The van der Waals surface area contributed by atoms with Crippen molar-refractivity contribution >= 4 is 16.9 Å². The molecule has 5 heteroatoms. The highest BCUT2D eigenvalue weighted by molar-refractivity contribution is 5.91. The van der Waals surface area contributed by atoms with Crippen LogP contribution in [0.4, 0.5) is 0 Å². The maximum Gasteiger partial charge on any atom is 0.362 e. The molecule has 0 aliphatic rings. The molecular formula is C15H18N2O3. The lowest BCUT2D eigenvalue weighted by atomic mass is 10.2. The van der Waals surface area contributed by atoms with Gasteiger partial charge in [0.15, 0.2) is 0 Å². The van der Waals surface area contributed by atoms with Gasteiger partial charge < -0.3 is 4.74 Å². The minimum atomic E-state index is -0.659. The van der Waals surface area contributed by atoms with Gasteiger partial charge >= 0.3 is 5.97 Å². The van der Waals surface area contributed by atoms with Gasteiger partial charge in [-0.1, -0.05) is 25.5 Å². The molecule has 0 saturated heterocycles. The van der Waals surface area contributed by atoms with E-state index in [0.717, 1.165) is 18.4 Å². The van der Waals surface area contributed by atoms with Gasteiger partial charge in [-0.3, -0.25) is 9.48 Å². The second-order valence-electron chi connectivity index (χ2n) is 4.49. The summed E-state index contributed by atoms with van der Waals surface area (Å²) in [6, 6.07) is 7.19. The summed E-state index contributed by atoms with van der Waals surface area (Å²) in [5.41, 5.74) is 0.243. The van der Waals surface area contributed by atoms with Gasteiger partial charge in [-0.25, -0.2) is 4.79 Å². The molecule has 0 bridgehead atoms. The summed E-state index contributed by atoms with van der Waals surface area (Å²) in [6.45, 7) is 4.68.